The van der Waals surface area contributed by atoms with Gasteiger partial charge in [-0.25, -0.2) is 0 Å². The van der Waals surface area contributed by atoms with Crippen LogP contribution < -0.4 is 5.73 Å². The summed E-state index contributed by atoms with van der Waals surface area (Å²) in [5, 5.41) is 0.693. The molecule has 1 aromatic heterocycles. The van der Waals surface area contributed by atoms with Crippen LogP contribution >= 0.6 is 27.5 Å². The number of halogens is 2. The van der Waals surface area contributed by atoms with Gasteiger partial charge in [-0.05, 0) is 40.0 Å². The van der Waals surface area contributed by atoms with Crippen molar-refractivity contribution in [3.05, 3.63) is 56.9 Å². The first kappa shape index (κ1) is 11.7. The van der Waals surface area contributed by atoms with Crippen LogP contribution in [0.5, 0.6) is 0 Å². The summed E-state index contributed by atoms with van der Waals surface area (Å²) in [6, 6.07) is 7.27. The highest BCUT2D eigenvalue weighted by atomic mass is 79.9. The number of rotatable bonds is 2. The van der Waals surface area contributed by atoms with Crippen LogP contribution in [0, 0.1) is 6.92 Å². The molecule has 2 N–H and O–H groups in total. The zero-order chi connectivity index (χ0) is 11.7. The molecule has 16 heavy (non-hydrogen) atoms. The van der Waals surface area contributed by atoms with Crippen LogP contribution in [0.3, 0.4) is 0 Å². The van der Waals surface area contributed by atoms with E-state index in [-0.39, 0.29) is 6.04 Å². The van der Waals surface area contributed by atoms with Gasteiger partial charge in [0.1, 0.15) is 5.76 Å². The zero-order valence-electron chi connectivity index (χ0n) is 8.71. The molecule has 0 bridgehead atoms. The molecule has 2 rings (SSSR count). The Hall–Kier alpha value is -0.770. The summed E-state index contributed by atoms with van der Waals surface area (Å²) < 4.78 is 6.20. The number of hydrogen-bond donors (Lipinski definition) is 1. The fourth-order valence-electron chi connectivity index (χ4n) is 1.58. The second-order valence-corrected chi connectivity index (χ2v) is 4.82. The third-order valence-corrected chi connectivity index (χ3v) is 3.66. The van der Waals surface area contributed by atoms with Crippen LogP contribution in [-0.2, 0) is 0 Å². The number of nitrogens with two attached hydrogens (primary N) is 1. The number of furan rings is 1. The quantitative estimate of drug-likeness (QED) is 0.908. The monoisotopic (exact) mass is 299 g/mol. The largest absolute Gasteiger partial charge is 0.466 e. The molecule has 0 aliphatic heterocycles. The minimum atomic E-state index is -0.350. The minimum Gasteiger partial charge on any atom is -0.466 e. The predicted molar refractivity (Wildman–Crippen MR) is 68.6 cm³/mol. The van der Waals surface area contributed by atoms with Gasteiger partial charge in [-0.2, -0.15) is 0 Å². The van der Waals surface area contributed by atoms with Crippen molar-refractivity contribution in [3.63, 3.8) is 0 Å². The summed E-state index contributed by atoms with van der Waals surface area (Å²) in [5.41, 5.74) is 8.01. The Labute approximate surface area is 108 Å². The first-order chi connectivity index (χ1) is 7.61. The van der Waals surface area contributed by atoms with Crippen molar-refractivity contribution in [2.75, 3.05) is 0 Å². The van der Waals surface area contributed by atoms with Gasteiger partial charge in [-0.1, -0.05) is 29.8 Å². The maximum Gasteiger partial charge on any atom is 0.139 e. The zero-order valence-corrected chi connectivity index (χ0v) is 11.0. The van der Waals surface area contributed by atoms with E-state index < -0.39 is 0 Å². The minimum absolute atomic E-state index is 0.350. The van der Waals surface area contributed by atoms with Gasteiger partial charge in [0.15, 0.2) is 0 Å². The van der Waals surface area contributed by atoms with Crippen molar-refractivity contribution in [2.24, 2.45) is 5.73 Å². The summed E-state index contributed by atoms with van der Waals surface area (Å²) in [4.78, 5) is 0. The average molecular weight is 301 g/mol. The molecule has 84 valence electrons. The van der Waals surface area contributed by atoms with Gasteiger partial charge >= 0.3 is 0 Å². The van der Waals surface area contributed by atoms with Crippen LogP contribution in [-0.4, -0.2) is 0 Å². The molecule has 0 amide bonds. The lowest BCUT2D eigenvalue weighted by Gasteiger charge is -2.13. The second kappa shape index (κ2) is 4.62. The van der Waals surface area contributed by atoms with Gasteiger partial charge in [0.2, 0.25) is 0 Å². The molecule has 0 fully saturated rings. The maximum atomic E-state index is 6.22. The van der Waals surface area contributed by atoms with Crippen molar-refractivity contribution in [3.8, 4) is 0 Å². The van der Waals surface area contributed by atoms with E-state index in [0.717, 1.165) is 15.6 Å². The van der Waals surface area contributed by atoms with Crippen LogP contribution in [0.1, 0.15) is 22.9 Å². The lowest BCUT2D eigenvalue weighted by Crippen LogP contribution is -2.12. The molecule has 0 saturated carbocycles. The van der Waals surface area contributed by atoms with E-state index in [0.29, 0.717) is 10.8 Å². The van der Waals surface area contributed by atoms with E-state index in [9.17, 15) is 0 Å². The van der Waals surface area contributed by atoms with Gasteiger partial charge in [0.05, 0.1) is 16.8 Å². The molecule has 1 heterocycles. The van der Waals surface area contributed by atoms with Crippen molar-refractivity contribution < 1.29 is 4.42 Å². The number of aryl methyl sites for hydroxylation is 1. The van der Waals surface area contributed by atoms with Gasteiger partial charge in [-0.15, -0.1) is 0 Å². The summed E-state index contributed by atoms with van der Waals surface area (Å²) >= 11 is 9.61. The molecule has 2 nitrogen and oxygen atoms in total. The summed E-state index contributed by atoms with van der Waals surface area (Å²) in [5.74, 6) is 0.688. The first-order valence-corrected chi connectivity index (χ1v) is 6.02. The van der Waals surface area contributed by atoms with Crippen LogP contribution in [0.2, 0.25) is 5.02 Å². The van der Waals surface area contributed by atoms with E-state index in [1.807, 2.05) is 31.2 Å². The highest BCUT2D eigenvalue weighted by Crippen LogP contribution is 2.32. The molecule has 4 heteroatoms. The molecule has 0 aliphatic rings. The van der Waals surface area contributed by atoms with Crippen molar-refractivity contribution >= 4 is 27.5 Å². The van der Waals surface area contributed by atoms with Crippen LogP contribution in [0.4, 0.5) is 0 Å². The average Bonchev–Trinajstić information content (AvgIpc) is 2.68. The highest BCUT2D eigenvalue weighted by Gasteiger charge is 2.18. The molecule has 0 radical (unpaired) electrons. The maximum absolute atomic E-state index is 6.22. The van der Waals surface area contributed by atoms with Gasteiger partial charge < -0.3 is 10.2 Å². The van der Waals surface area contributed by atoms with Gasteiger partial charge in [0.25, 0.3) is 0 Å². The Bertz CT molecular complexity index is 509. The normalized spacial score (nSPS) is 12.8. The molecular weight excluding hydrogens is 289 g/mol. The fraction of sp³-hybridized carbons (Fsp3) is 0.167. The van der Waals surface area contributed by atoms with E-state index in [1.165, 1.54) is 0 Å². The second-order valence-electron chi connectivity index (χ2n) is 3.59. The molecule has 2 aromatic rings. The van der Waals surface area contributed by atoms with Gasteiger partial charge in [0, 0.05) is 5.02 Å². The van der Waals surface area contributed by atoms with E-state index in [4.69, 9.17) is 21.8 Å². The molecule has 0 saturated heterocycles. The lowest BCUT2D eigenvalue weighted by atomic mass is 10.0. The Morgan fingerprint density at radius 1 is 1.38 bits per heavy atom. The standard InChI is InChI=1S/C12H11BrClNO/c1-7-3-2-4-8(10(7)14)11(15)12-9(13)5-6-16-12/h2-6,11H,15H2,1H3. The number of benzene rings is 1. The van der Waals surface area contributed by atoms with E-state index >= 15 is 0 Å². The third kappa shape index (κ3) is 2.03. The smallest absolute Gasteiger partial charge is 0.139 e. The molecule has 1 unspecified atom stereocenters. The topological polar surface area (TPSA) is 39.2 Å². The number of hydrogen-bond acceptors (Lipinski definition) is 2. The fourth-order valence-corrected chi connectivity index (χ4v) is 2.27. The van der Waals surface area contributed by atoms with Crippen molar-refractivity contribution in [1.29, 1.82) is 0 Å². The summed E-state index contributed by atoms with van der Waals surface area (Å²) in [6.07, 6.45) is 1.60. The van der Waals surface area contributed by atoms with Crippen molar-refractivity contribution in [2.45, 2.75) is 13.0 Å². The van der Waals surface area contributed by atoms with E-state index in [2.05, 4.69) is 15.9 Å². The lowest BCUT2D eigenvalue weighted by molar-refractivity contribution is 0.487. The highest BCUT2D eigenvalue weighted by molar-refractivity contribution is 9.10. The van der Waals surface area contributed by atoms with E-state index in [1.54, 1.807) is 6.26 Å². The molecule has 1 aromatic carbocycles. The molecular formula is C12H11BrClNO. The van der Waals surface area contributed by atoms with Crippen LogP contribution in [0.25, 0.3) is 0 Å². The molecule has 0 spiro atoms. The molecule has 1 atom stereocenters. The SMILES string of the molecule is Cc1cccc(C(N)c2occc2Br)c1Cl. The Morgan fingerprint density at radius 3 is 2.75 bits per heavy atom. The van der Waals surface area contributed by atoms with Crippen LogP contribution in [0.15, 0.2) is 39.4 Å². The predicted octanol–water partition coefficient (Wildman–Crippen LogP) is 4.05. The third-order valence-electron chi connectivity index (χ3n) is 2.48. The summed E-state index contributed by atoms with van der Waals surface area (Å²) in [7, 11) is 0. The van der Waals surface area contributed by atoms with Crippen molar-refractivity contribution in [1.82, 2.24) is 0 Å². The Kier molecular flexibility index (Phi) is 3.38. The van der Waals surface area contributed by atoms with Gasteiger partial charge in [-0.3, -0.25) is 0 Å². The Balaban J connectivity index is 2.46. The summed E-state index contributed by atoms with van der Waals surface area (Å²) in [6.45, 7) is 1.95. The Morgan fingerprint density at radius 2 is 2.12 bits per heavy atom. The molecule has 0 aliphatic carbocycles. The first-order valence-electron chi connectivity index (χ1n) is 4.84.